The number of aromatic carboxylic acids is 1. The number of rotatable bonds is 13. The van der Waals surface area contributed by atoms with Crippen molar-refractivity contribution in [2.75, 3.05) is 54.4 Å². The van der Waals surface area contributed by atoms with Gasteiger partial charge in [0.2, 0.25) is 41.6 Å². The number of carboxylic acids is 1. The number of H-pyrrole nitrogens is 5. The lowest BCUT2D eigenvalue weighted by Crippen LogP contribution is -2.26. The average Bonchev–Trinajstić information content (AvgIpc) is 1.66. The second-order valence-corrected chi connectivity index (χ2v) is 22.9. The number of para-hydroxylation sites is 10. The molecular formula is C70H64N24O6S. The van der Waals surface area contributed by atoms with Crippen LogP contribution in [0.5, 0.6) is 0 Å². The normalized spacial score (nSPS) is 11.0. The Morgan fingerprint density at radius 2 is 0.871 bits per heavy atom. The minimum Gasteiger partial charge on any atom is -0.478 e. The first kappa shape index (κ1) is 65.8. The number of carbonyl (C=O) groups excluding carboxylic acids is 2. The molecule has 8 aromatic carbocycles. The third-order valence-electron chi connectivity index (χ3n) is 15.8. The van der Waals surface area contributed by atoms with Crippen molar-refractivity contribution in [2.45, 2.75) is 0 Å². The van der Waals surface area contributed by atoms with E-state index in [4.69, 9.17) is 32.5 Å². The van der Waals surface area contributed by atoms with Gasteiger partial charge >= 0.3 is 11.9 Å². The smallest absolute Gasteiger partial charge is 0.337 e. The zero-order valence-corrected chi connectivity index (χ0v) is 55.5. The summed E-state index contributed by atoms with van der Waals surface area (Å²) in [6.07, 6.45) is 5.09. The average molecular weight is 1370 g/mol. The van der Waals surface area contributed by atoms with Crippen molar-refractivity contribution in [2.24, 2.45) is 21.1 Å². The molecule has 0 fully saturated rings. The van der Waals surface area contributed by atoms with Crippen molar-refractivity contribution in [3.05, 3.63) is 211 Å². The molecule has 0 atom stereocenters. The van der Waals surface area contributed by atoms with E-state index in [2.05, 4.69) is 96.4 Å². The number of thiocarbonyl (C=S) groups is 1. The molecule has 30 nitrogen and oxygen atoms in total. The summed E-state index contributed by atoms with van der Waals surface area (Å²) in [7, 11) is 8.64. The van der Waals surface area contributed by atoms with Crippen LogP contribution in [0.3, 0.4) is 0 Å². The highest BCUT2D eigenvalue weighted by Crippen LogP contribution is 2.27. The van der Waals surface area contributed by atoms with Gasteiger partial charge in [0.1, 0.15) is 6.33 Å². The van der Waals surface area contributed by atoms with Crippen LogP contribution in [0.25, 0.3) is 88.3 Å². The van der Waals surface area contributed by atoms with Gasteiger partial charge in [-0.15, -0.1) is 0 Å². The fraction of sp³-hybridized carbons (Fsp3) is 0.100. The molecule has 0 bridgehead atoms. The molecule has 17 rings (SSSR count). The third kappa shape index (κ3) is 14.9. The maximum atomic E-state index is 12.2. The highest BCUT2D eigenvalue weighted by atomic mass is 32.1. The number of hydrogen-bond acceptors (Lipinski definition) is 19. The van der Waals surface area contributed by atoms with Crippen molar-refractivity contribution in [1.82, 2.24) is 93.4 Å². The molecule has 506 valence electrons. The number of nitrogen functional groups attached to an aromatic ring is 1. The molecule has 17 aromatic rings. The van der Waals surface area contributed by atoms with Crippen LogP contribution in [-0.2, 0) is 30.6 Å². The SMILES string of the molecule is COC(=O)c1ccc2c(c1)nc(Nc1nc3ccccc3[nH]1)n2C.COCCNC(=O)c1ccc2c(c1)nc(Nc1nc3ccccc3[nH]1)n2C.Cn1c(Nc2nc3ccccc3[nH]2)nc2cc(C(=O)O)ccc21.Nc1nc2ccccc2[nH]1.S=C(Nc1nc2ccccc2[nH]1)n1ccnc1. The predicted molar refractivity (Wildman–Crippen MR) is 393 cm³/mol. The minimum absolute atomic E-state index is 0.147. The largest absolute Gasteiger partial charge is 0.478 e. The van der Waals surface area contributed by atoms with Crippen LogP contribution in [0.2, 0.25) is 0 Å². The lowest BCUT2D eigenvalue weighted by atomic mass is 10.2. The molecule has 31 heteroatoms. The molecule has 9 heterocycles. The van der Waals surface area contributed by atoms with Crippen molar-refractivity contribution >= 4 is 171 Å². The van der Waals surface area contributed by atoms with Crippen LogP contribution in [0, 0.1) is 0 Å². The molecule has 101 heavy (non-hydrogen) atoms. The summed E-state index contributed by atoms with van der Waals surface area (Å²) in [6, 6.07) is 54.5. The standard InChI is InChI=1S/C19H20N6O2.C17H15N5O2.C16H13N5O2.C11H9N5S.C7H7N3/c1-25-16-8-7-12(17(26)20-9-10-27-2)11-15(16)23-19(25)24-18-21-13-5-3-4-6-14(13)22-18;1-22-14-8-7-10(15(23)24-2)9-13(14)20-17(22)21-16-18-11-5-3-4-6-12(11)19-16;1-21-13-7-6-9(14(22)23)8-12(13)19-16(21)20-15-17-10-4-2-3-5-11(10)18-15;17-11(16-6-5-12-7-16)15-10-13-8-3-1-2-4-9(8)14-10;8-7-9-5-3-1-2-4-6(5)10-7/h3-8,11H,9-10H2,1-2H3,(H,20,26)(H2,21,22,23,24);3-9H,1-2H3,(H2,18,19,20,21);2-8H,1H3,(H,22,23)(H2,17,18,19,20);1-7H,(H2,13,14,15,17);1-4H,(H3,8,9,10). The summed E-state index contributed by atoms with van der Waals surface area (Å²) in [5.41, 5.74) is 20.6. The van der Waals surface area contributed by atoms with Gasteiger partial charge in [-0.25, -0.2) is 54.4 Å². The Morgan fingerprint density at radius 3 is 1.28 bits per heavy atom. The first-order valence-electron chi connectivity index (χ1n) is 31.2. The highest BCUT2D eigenvalue weighted by molar-refractivity contribution is 7.80. The lowest BCUT2D eigenvalue weighted by molar-refractivity contribution is 0.0599. The van der Waals surface area contributed by atoms with E-state index >= 15 is 0 Å². The molecule has 0 saturated carbocycles. The van der Waals surface area contributed by atoms with Crippen LogP contribution in [0.15, 0.2) is 195 Å². The van der Waals surface area contributed by atoms with E-state index in [9.17, 15) is 14.4 Å². The molecule has 0 aliphatic rings. The number of aryl methyl sites for hydroxylation is 3. The van der Waals surface area contributed by atoms with Gasteiger partial charge in [0.15, 0.2) is 11.1 Å². The number of amides is 1. The minimum atomic E-state index is -0.968. The Hall–Kier alpha value is -13.8. The number of nitrogens with two attached hydrogens (primary N) is 1. The fourth-order valence-corrected chi connectivity index (χ4v) is 10.9. The molecule has 0 saturated heterocycles. The van der Waals surface area contributed by atoms with Gasteiger partial charge in [0.25, 0.3) is 5.91 Å². The third-order valence-corrected chi connectivity index (χ3v) is 16.1. The molecule has 0 aliphatic heterocycles. The number of aromatic amines is 5. The summed E-state index contributed by atoms with van der Waals surface area (Å²) in [5.74, 6) is 3.28. The predicted octanol–water partition coefficient (Wildman–Crippen LogP) is 11.6. The van der Waals surface area contributed by atoms with E-state index < -0.39 is 5.97 Å². The second kappa shape index (κ2) is 29.3. The molecule has 9 aromatic heterocycles. The Bertz CT molecular complexity index is 5670. The van der Waals surface area contributed by atoms with E-state index in [0.717, 1.165) is 77.2 Å². The maximum absolute atomic E-state index is 12.2. The maximum Gasteiger partial charge on any atom is 0.337 e. The highest BCUT2D eigenvalue weighted by Gasteiger charge is 2.17. The molecule has 1 amide bonds. The topological polar surface area (TPSA) is 391 Å². The quantitative estimate of drug-likeness (QED) is 0.0290. The molecule has 0 radical (unpaired) electrons. The van der Waals surface area contributed by atoms with E-state index in [1.54, 1.807) is 72.9 Å². The summed E-state index contributed by atoms with van der Waals surface area (Å²) in [6.45, 7) is 0.942. The van der Waals surface area contributed by atoms with Crippen molar-refractivity contribution < 1.29 is 29.0 Å². The number of anilines is 8. The van der Waals surface area contributed by atoms with Gasteiger partial charge in [-0.1, -0.05) is 60.7 Å². The Labute approximate surface area is 577 Å². The van der Waals surface area contributed by atoms with Crippen LogP contribution in [0.4, 0.5) is 47.6 Å². The number of imidazole rings is 9. The number of esters is 1. The summed E-state index contributed by atoms with van der Waals surface area (Å²) < 4.78 is 17.1. The van der Waals surface area contributed by atoms with Crippen LogP contribution in [-0.4, -0.2) is 143 Å². The number of carbonyl (C=O) groups is 3. The van der Waals surface area contributed by atoms with Crippen LogP contribution in [0.1, 0.15) is 31.1 Å². The summed E-state index contributed by atoms with van der Waals surface area (Å²) in [4.78, 5) is 90.0. The summed E-state index contributed by atoms with van der Waals surface area (Å²) >= 11 is 5.21. The first-order chi connectivity index (χ1) is 49.1. The van der Waals surface area contributed by atoms with E-state index in [0.29, 0.717) is 88.0 Å². The number of ether oxygens (including phenoxy) is 2. The van der Waals surface area contributed by atoms with Crippen LogP contribution < -0.4 is 32.3 Å². The van der Waals surface area contributed by atoms with Gasteiger partial charge in [0, 0.05) is 52.8 Å². The molecule has 0 unspecified atom stereocenters. The summed E-state index contributed by atoms with van der Waals surface area (Å²) in [5, 5.41) is 25.0. The van der Waals surface area contributed by atoms with E-state index in [1.165, 1.54) is 7.11 Å². The second-order valence-electron chi connectivity index (χ2n) is 22.5. The Morgan fingerprint density at radius 1 is 0.485 bits per heavy atom. The number of methoxy groups -OCH3 is 2. The van der Waals surface area contributed by atoms with Gasteiger partial charge in [-0.3, -0.25) is 25.3 Å². The van der Waals surface area contributed by atoms with Crippen molar-refractivity contribution in [3.63, 3.8) is 0 Å². The Balaban J connectivity index is 0.000000116. The van der Waals surface area contributed by atoms with Gasteiger partial charge in [0.05, 0.1) is 113 Å². The number of hydrogen-bond donors (Lipinski definition) is 12. The van der Waals surface area contributed by atoms with E-state index in [1.807, 2.05) is 168 Å². The molecule has 0 spiro atoms. The zero-order valence-electron chi connectivity index (χ0n) is 54.7. The molecule has 13 N–H and O–H groups in total. The number of benzene rings is 8. The van der Waals surface area contributed by atoms with Crippen molar-refractivity contribution in [3.8, 4) is 0 Å². The number of fused-ring (bicyclic) bond motifs is 8. The number of nitrogens with one attached hydrogen (secondary N) is 10. The lowest BCUT2D eigenvalue weighted by Gasteiger charge is -2.04. The number of carboxylic acid groups (broad SMARTS) is 1. The van der Waals surface area contributed by atoms with E-state index in [-0.39, 0.29) is 17.4 Å². The monoisotopic (exact) mass is 1370 g/mol. The van der Waals surface area contributed by atoms with Gasteiger partial charge in [-0.2, -0.15) is 0 Å². The first-order valence-corrected chi connectivity index (χ1v) is 31.6. The van der Waals surface area contributed by atoms with Crippen LogP contribution >= 0.6 is 12.2 Å². The Kier molecular flexibility index (Phi) is 19.1. The molecular weight excluding hydrogens is 1300 g/mol. The number of aromatic nitrogens is 18. The van der Waals surface area contributed by atoms with Crippen molar-refractivity contribution in [1.29, 1.82) is 0 Å². The van der Waals surface area contributed by atoms with Gasteiger partial charge in [-0.05, 0) is 127 Å². The number of nitrogens with zero attached hydrogens (tertiary/aromatic N) is 13. The molecule has 0 aliphatic carbocycles. The van der Waals surface area contributed by atoms with Gasteiger partial charge < -0.3 is 69.6 Å². The fourth-order valence-electron chi connectivity index (χ4n) is 10.7. The zero-order chi connectivity index (χ0) is 70.1.